The number of unbranched alkanes of at least 4 members (excludes halogenated alkanes) is 5. The molecule has 0 aromatic heterocycles. The molecule has 0 heterocycles. The Morgan fingerprint density at radius 2 is 1.48 bits per heavy atom. The second-order valence-electron chi connectivity index (χ2n) is 5.20. The number of ether oxygens (including phenoxy) is 1. The minimum absolute atomic E-state index is 0. The molecule has 0 aliphatic rings. The van der Waals surface area contributed by atoms with Gasteiger partial charge in [0.25, 0.3) is 0 Å². The van der Waals surface area contributed by atoms with Crippen LogP contribution in [0.25, 0.3) is 0 Å². The van der Waals surface area contributed by atoms with Gasteiger partial charge in [0.15, 0.2) is 0 Å². The van der Waals surface area contributed by atoms with Crippen molar-refractivity contribution in [1.29, 1.82) is 0 Å². The van der Waals surface area contributed by atoms with Gasteiger partial charge in [-0.3, -0.25) is 9.59 Å². The van der Waals surface area contributed by atoms with Gasteiger partial charge in [0.1, 0.15) is 0 Å². The van der Waals surface area contributed by atoms with Crippen molar-refractivity contribution in [3.63, 3.8) is 0 Å². The molecule has 0 aliphatic carbocycles. The molecule has 0 saturated heterocycles. The molecule has 0 saturated carbocycles. The van der Waals surface area contributed by atoms with Crippen LogP contribution in [0.15, 0.2) is 0 Å². The summed E-state index contributed by atoms with van der Waals surface area (Å²) in [6.07, 6.45) is 9.47. The van der Waals surface area contributed by atoms with Crippen molar-refractivity contribution in [3.05, 3.63) is 0 Å². The third-order valence-electron chi connectivity index (χ3n) is 3.43. The number of carbonyl (C=O) groups is 2. The summed E-state index contributed by atoms with van der Waals surface area (Å²) in [7, 11) is 0. The maximum atomic E-state index is 11.8. The van der Waals surface area contributed by atoms with E-state index in [1.54, 1.807) is 0 Å². The normalized spacial score (nSPS) is 11.0. The summed E-state index contributed by atoms with van der Waals surface area (Å²) >= 11 is 0. The van der Waals surface area contributed by atoms with Crippen molar-refractivity contribution >= 4 is 11.9 Å². The second kappa shape index (κ2) is 19.2. The predicted molar refractivity (Wildman–Crippen MR) is 80.0 cm³/mol. The molecule has 0 radical (unpaired) electrons. The molecule has 0 spiro atoms. The SMILES string of the molecule is CCCCCCCC(=O)OC(=O)C(CC)CCCC.[H-].[H-].[Na+].[Na+]. The van der Waals surface area contributed by atoms with Gasteiger partial charge in [-0.15, -0.1) is 0 Å². The first-order valence-electron chi connectivity index (χ1n) is 7.90. The van der Waals surface area contributed by atoms with Crippen molar-refractivity contribution < 1.29 is 76.3 Å². The molecule has 0 bridgehead atoms. The van der Waals surface area contributed by atoms with Gasteiger partial charge >= 0.3 is 71.1 Å². The van der Waals surface area contributed by atoms with E-state index in [0.29, 0.717) is 6.42 Å². The van der Waals surface area contributed by atoms with Crippen LogP contribution in [0.4, 0.5) is 0 Å². The van der Waals surface area contributed by atoms with Crippen LogP contribution in [0.3, 0.4) is 0 Å². The summed E-state index contributed by atoms with van der Waals surface area (Å²) in [5.74, 6) is -0.782. The van der Waals surface area contributed by atoms with Crippen LogP contribution in [0.1, 0.15) is 87.8 Å². The maximum absolute atomic E-state index is 11.8. The average molecular weight is 318 g/mol. The van der Waals surface area contributed by atoms with Crippen molar-refractivity contribution in [2.45, 2.75) is 85.0 Å². The third-order valence-corrected chi connectivity index (χ3v) is 3.43. The molecule has 0 fully saturated rings. The molecule has 1 unspecified atom stereocenters. The molecule has 116 valence electrons. The quantitative estimate of drug-likeness (QED) is 0.209. The third kappa shape index (κ3) is 15.8. The molecule has 0 amide bonds. The number of hydrogen-bond donors (Lipinski definition) is 0. The Morgan fingerprint density at radius 1 is 0.905 bits per heavy atom. The Bertz CT molecular complexity index is 268. The van der Waals surface area contributed by atoms with E-state index < -0.39 is 0 Å². The van der Waals surface area contributed by atoms with Crippen molar-refractivity contribution in [2.75, 3.05) is 0 Å². The molecule has 3 nitrogen and oxygen atoms in total. The van der Waals surface area contributed by atoms with Gasteiger partial charge in [0.05, 0.1) is 5.92 Å². The number of carbonyl (C=O) groups excluding carboxylic acids is 2. The molecule has 0 N–H and O–H groups in total. The summed E-state index contributed by atoms with van der Waals surface area (Å²) < 4.78 is 4.93. The minimum Gasteiger partial charge on any atom is -1.00 e. The zero-order valence-corrected chi connectivity index (χ0v) is 18.9. The van der Waals surface area contributed by atoms with Gasteiger partial charge in [0, 0.05) is 6.42 Å². The van der Waals surface area contributed by atoms with Crippen molar-refractivity contribution in [1.82, 2.24) is 0 Å². The first-order chi connectivity index (χ1) is 9.15. The zero-order valence-electron chi connectivity index (χ0n) is 16.9. The Kier molecular flexibility index (Phi) is 24.7. The first kappa shape index (κ1) is 27.0. The number of rotatable bonds is 11. The Morgan fingerprint density at radius 3 is 2.00 bits per heavy atom. The predicted octanol–water partition coefficient (Wildman–Crippen LogP) is -1.13. The molecular formula is C16H32Na2O3. The molecule has 0 rings (SSSR count). The summed E-state index contributed by atoms with van der Waals surface area (Å²) in [5, 5.41) is 0. The van der Waals surface area contributed by atoms with Gasteiger partial charge in [-0.05, 0) is 19.3 Å². The molecule has 5 heteroatoms. The van der Waals surface area contributed by atoms with Crippen LogP contribution < -0.4 is 59.1 Å². The Balaban J connectivity index is -0.000000270. The minimum atomic E-state index is -0.351. The van der Waals surface area contributed by atoms with Crippen LogP contribution in [0.2, 0.25) is 0 Å². The number of esters is 2. The van der Waals surface area contributed by atoms with E-state index in [1.165, 1.54) is 12.8 Å². The van der Waals surface area contributed by atoms with Gasteiger partial charge in [-0.1, -0.05) is 59.3 Å². The smallest absolute Gasteiger partial charge is 1.00 e. The summed E-state index contributed by atoms with van der Waals surface area (Å²) in [5.41, 5.74) is 0. The van der Waals surface area contributed by atoms with Crippen molar-refractivity contribution in [3.8, 4) is 0 Å². The molecule has 0 aliphatic heterocycles. The largest absolute Gasteiger partial charge is 1.00 e. The Hall–Kier alpha value is 1.14. The zero-order chi connectivity index (χ0) is 14.5. The fourth-order valence-corrected chi connectivity index (χ4v) is 2.06. The van der Waals surface area contributed by atoms with E-state index in [4.69, 9.17) is 4.74 Å². The van der Waals surface area contributed by atoms with Crippen LogP contribution in [-0.2, 0) is 14.3 Å². The van der Waals surface area contributed by atoms with Gasteiger partial charge in [-0.25, -0.2) is 0 Å². The van der Waals surface area contributed by atoms with Gasteiger partial charge < -0.3 is 7.59 Å². The van der Waals surface area contributed by atoms with Crippen LogP contribution in [0, 0.1) is 5.92 Å². The molecule has 0 aromatic rings. The van der Waals surface area contributed by atoms with E-state index >= 15 is 0 Å². The van der Waals surface area contributed by atoms with Crippen LogP contribution in [-0.4, -0.2) is 11.9 Å². The fraction of sp³-hybridized carbons (Fsp3) is 0.875. The van der Waals surface area contributed by atoms with E-state index in [9.17, 15) is 9.59 Å². The van der Waals surface area contributed by atoms with E-state index in [0.717, 1.165) is 44.9 Å². The summed E-state index contributed by atoms with van der Waals surface area (Å²) in [6.45, 7) is 6.23. The molecule has 21 heavy (non-hydrogen) atoms. The van der Waals surface area contributed by atoms with Crippen molar-refractivity contribution in [2.24, 2.45) is 5.92 Å². The average Bonchev–Trinajstić information content (AvgIpc) is 2.39. The maximum Gasteiger partial charge on any atom is 1.00 e. The first-order valence-corrected chi connectivity index (χ1v) is 7.90. The van der Waals surface area contributed by atoms with Gasteiger partial charge in [-0.2, -0.15) is 0 Å². The monoisotopic (exact) mass is 318 g/mol. The summed E-state index contributed by atoms with van der Waals surface area (Å²) in [4.78, 5) is 23.3. The molecular weight excluding hydrogens is 286 g/mol. The van der Waals surface area contributed by atoms with E-state index in [1.807, 2.05) is 6.92 Å². The van der Waals surface area contributed by atoms with Gasteiger partial charge in [0.2, 0.25) is 0 Å². The van der Waals surface area contributed by atoms with E-state index in [2.05, 4.69) is 13.8 Å². The Labute approximate surface area is 177 Å². The van der Waals surface area contributed by atoms with Crippen LogP contribution >= 0.6 is 0 Å². The fourth-order valence-electron chi connectivity index (χ4n) is 2.06. The molecule has 0 aromatic carbocycles. The van der Waals surface area contributed by atoms with E-state index in [-0.39, 0.29) is 79.8 Å². The second-order valence-corrected chi connectivity index (χ2v) is 5.20. The number of hydrogen-bond acceptors (Lipinski definition) is 3. The molecule has 1 atom stereocenters. The topological polar surface area (TPSA) is 43.4 Å². The van der Waals surface area contributed by atoms with Crippen LogP contribution in [0.5, 0.6) is 0 Å². The standard InChI is InChI=1S/C16H30O3.2Na.2H/c1-4-7-9-10-11-13-15(17)19-16(18)14(6-3)12-8-5-2;;;;/h14H,4-13H2,1-3H3;;;;/q;2*+1;2*-1. The summed E-state index contributed by atoms with van der Waals surface area (Å²) in [6, 6.07) is 0.